The van der Waals surface area contributed by atoms with Crippen LogP contribution in [0.1, 0.15) is 57.8 Å². The Morgan fingerprint density at radius 1 is 1.00 bits per heavy atom. The number of aliphatic hydroxyl groups is 1. The van der Waals surface area contributed by atoms with E-state index in [1.165, 1.54) is 32.1 Å². The molecule has 2 N–H and O–H groups in total. The number of carbonyl (C=O) groups excluding carboxylic acids is 1. The van der Waals surface area contributed by atoms with Crippen molar-refractivity contribution in [3.63, 3.8) is 0 Å². The van der Waals surface area contributed by atoms with Crippen molar-refractivity contribution in [2.45, 2.75) is 69.9 Å². The summed E-state index contributed by atoms with van der Waals surface area (Å²) < 4.78 is 0. The summed E-state index contributed by atoms with van der Waals surface area (Å²) in [6, 6.07) is 0.325. The van der Waals surface area contributed by atoms with Crippen LogP contribution in [-0.4, -0.2) is 23.2 Å². The molecule has 0 bridgehead atoms. The normalized spacial score (nSPS) is 25.6. The first kappa shape index (κ1) is 11.9. The Labute approximate surface area is 97.6 Å². The standard InChI is InChI=1S/C13H23NO2/c15-12(10-6-2-1-3-7-10)13(16)14-11-8-4-5-9-11/h10-12,15H,1-9H2,(H,14,16). The molecule has 0 aromatic rings. The van der Waals surface area contributed by atoms with Gasteiger partial charge in [0.15, 0.2) is 0 Å². The van der Waals surface area contributed by atoms with Gasteiger partial charge in [0.25, 0.3) is 0 Å². The minimum absolute atomic E-state index is 0.126. The summed E-state index contributed by atoms with van der Waals surface area (Å²) in [5.41, 5.74) is 0. The van der Waals surface area contributed by atoms with Crippen LogP contribution >= 0.6 is 0 Å². The maximum absolute atomic E-state index is 11.8. The summed E-state index contributed by atoms with van der Waals surface area (Å²) in [4.78, 5) is 11.8. The lowest BCUT2D eigenvalue weighted by Crippen LogP contribution is -2.43. The van der Waals surface area contributed by atoms with E-state index in [4.69, 9.17) is 0 Å². The predicted molar refractivity (Wildman–Crippen MR) is 63.0 cm³/mol. The second-order valence-corrected chi connectivity index (χ2v) is 5.33. The molecule has 3 heteroatoms. The van der Waals surface area contributed by atoms with E-state index in [1.807, 2.05) is 0 Å². The summed E-state index contributed by atoms with van der Waals surface area (Å²) in [5.74, 6) is 0.0777. The molecular weight excluding hydrogens is 202 g/mol. The van der Waals surface area contributed by atoms with Crippen LogP contribution in [0.4, 0.5) is 0 Å². The summed E-state index contributed by atoms with van der Waals surface area (Å²) in [5, 5.41) is 13.0. The first-order valence-electron chi connectivity index (χ1n) is 6.76. The van der Waals surface area contributed by atoms with Gasteiger partial charge in [-0.15, -0.1) is 0 Å². The quantitative estimate of drug-likeness (QED) is 0.771. The Morgan fingerprint density at radius 3 is 2.19 bits per heavy atom. The van der Waals surface area contributed by atoms with Gasteiger partial charge < -0.3 is 10.4 Å². The molecule has 92 valence electrons. The molecule has 2 saturated carbocycles. The van der Waals surface area contributed by atoms with Crippen LogP contribution in [0.25, 0.3) is 0 Å². The van der Waals surface area contributed by atoms with Crippen molar-refractivity contribution >= 4 is 5.91 Å². The first-order valence-corrected chi connectivity index (χ1v) is 6.76. The highest BCUT2D eigenvalue weighted by molar-refractivity contribution is 5.81. The SMILES string of the molecule is O=C(NC1CCCC1)C(O)C1CCCCC1. The number of amides is 1. The highest BCUT2D eigenvalue weighted by Gasteiger charge is 2.29. The van der Waals surface area contributed by atoms with Crippen LogP contribution in [0.3, 0.4) is 0 Å². The molecule has 2 aliphatic carbocycles. The smallest absolute Gasteiger partial charge is 0.249 e. The molecule has 0 aliphatic heterocycles. The molecule has 2 fully saturated rings. The molecule has 2 aliphatic rings. The summed E-state index contributed by atoms with van der Waals surface area (Å²) in [6.45, 7) is 0. The zero-order valence-electron chi connectivity index (χ0n) is 9.95. The Balaban J connectivity index is 1.78. The monoisotopic (exact) mass is 225 g/mol. The summed E-state index contributed by atoms with van der Waals surface area (Å²) in [6.07, 6.45) is 9.45. The van der Waals surface area contributed by atoms with Gasteiger partial charge in [0, 0.05) is 6.04 Å². The van der Waals surface area contributed by atoms with Crippen LogP contribution in [0, 0.1) is 5.92 Å². The van der Waals surface area contributed by atoms with E-state index in [1.54, 1.807) is 0 Å². The number of carbonyl (C=O) groups is 1. The van der Waals surface area contributed by atoms with E-state index in [-0.39, 0.29) is 11.8 Å². The Kier molecular flexibility index (Phi) is 4.22. The average Bonchev–Trinajstić information content (AvgIpc) is 2.82. The molecule has 2 rings (SSSR count). The third-order valence-corrected chi connectivity index (χ3v) is 4.07. The van der Waals surface area contributed by atoms with Gasteiger partial charge in [-0.1, -0.05) is 32.1 Å². The highest BCUT2D eigenvalue weighted by Crippen LogP contribution is 2.27. The van der Waals surface area contributed by atoms with Crippen LogP contribution < -0.4 is 5.32 Å². The number of hydrogen-bond acceptors (Lipinski definition) is 2. The van der Waals surface area contributed by atoms with E-state index in [0.29, 0.717) is 6.04 Å². The Bertz CT molecular complexity index is 230. The van der Waals surface area contributed by atoms with Gasteiger partial charge in [-0.2, -0.15) is 0 Å². The predicted octanol–water partition coefficient (Wildman–Crippen LogP) is 1.99. The fourth-order valence-electron chi connectivity index (χ4n) is 3.02. The molecular formula is C13H23NO2. The maximum atomic E-state index is 11.8. The van der Waals surface area contributed by atoms with Crippen LogP contribution in [0.2, 0.25) is 0 Å². The molecule has 16 heavy (non-hydrogen) atoms. The van der Waals surface area contributed by atoms with E-state index < -0.39 is 6.10 Å². The molecule has 0 saturated heterocycles. The number of rotatable bonds is 3. The third-order valence-electron chi connectivity index (χ3n) is 4.07. The molecule has 0 aromatic heterocycles. The first-order chi connectivity index (χ1) is 7.77. The van der Waals surface area contributed by atoms with E-state index in [2.05, 4.69) is 5.32 Å². The fraction of sp³-hybridized carbons (Fsp3) is 0.923. The second-order valence-electron chi connectivity index (χ2n) is 5.33. The topological polar surface area (TPSA) is 49.3 Å². The fourth-order valence-corrected chi connectivity index (χ4v) is 3.02. The summed E-state index contributed by atoms with van der Waals surface area (Å²) in [7, 11) is 0. The lowest BCUT2D eigenvalue weighted by Gasteiger charge is -2.26. The molecule has 1 amide bonds. The van der Waals surface area contributed by atoms with Gasteiger partial charge in [-0.25, -0.2) is 0 Å². The van der Waals surface area contributed by atoms with Crippen molar-refractivity contribution in [3.05, 3.63) is 0 Å². The molecule has 1 atom stereocenters. The highest BCUT2D eigenvalue weighted by atomic mass is 16.3. The lowest BCUT2D eigenvalue weighted by molar-refractivity contribution is -0.133. The Hall–Kier alpha value is -0.570. The second kappa shape index (κ2) is 5.67. The molecule has 0 radical (unpaired) electrons. The van der Waals surface area contributed by atoms with E-state index in [0.717, 1.165) is 25.7 Å². The van der Waals surface area contributed by atoms with Crippen LogP contribution in [0.5, 0.6) is 0 Å². The molecule has 0 spiro atoms. The van der Waals surface area contributed by atoms with Gasteiger partial charge in [0.05, 0.1) is 0 Å². The maximum Gasteiger partial charge on any atom is 0.249 e. The van der Waals surface area contributed by atoms with Crippen LogP contribution in [-0.2, 0) is 4.79 Å². The molecule has 1 unspecified atom stereocenters. The minimum Gasteiger partial charge on any atom is -0.383 e. The molecule has 0 aromatic carbocycles. The number of nitrogens with one attached hydrogen (secondary N) is 1. The van der Waals surface area contributed by atoms with E-state index in [9.17, 15) is 9.90 Å². The van der Waals surface area contributed by atoms with E-state index >= 15 is 0 Å². The van der Waals surface area contributed by atoms with Gasteiger partial charge in [0.2, 0.25) is 5.91 Å². The largest absolute Gasteiger partial charge is 0.383 e. The zero-order chi connectivity index (χ0) is 11.4. The van der Waals surface area contributed by atoms with Crippen molar-refractivity contribution < 1.29 is 9.90 Å². The average molecular weight is 225 g/mol. The van der Waals surface area contributed by atoms with Gasteiger partial charge in [0.1, 0.15) is 6.10 Å². The minimum atomic E-state index is -0.763. The van der Waals surface area contributed by atoms with Crippen molar-refractivity contribution in [2.75, 3.05) is 0 Å². The molecule has 0 heterocycles. The lowest BCUT2D eigenvalue weighted by atomic mass is 9.85. The number of aliphatic hydroxyl groups excluding tert-OH is 1. The van der Waals surface area contributed by atoms with Crippen molar-refractivity contribution in [2.24, 2.45) is 5.92 Å². The van der Waals surface area contributed by atoms with Crippen LogP contribution in [0.15, 0.2) is 0 Å². The van der Waals surface area contributed by atoms with Crippen molar-refractivity contribution in [1.82, 2.24) is 5.32 Å². The van der Waals surface area contributed by atoms with Gasteiger partial charge >= 0.3 is 0 Å². The molecule has 3 nitrogen and oxygen atoms in total. The summed E-state index contributed by atoms with van der Waals surface area (Å²) >= 11 is 0. The van der Waals surface area contributed by atoms with Gasteiger partial charge in [-0.05, 0) is 31.6 Å². The zero-order valence-corrected chi connectivity index (χ0v) is 9.95. The third kappa shape index (κ3) is 2.97. The Morgan fingerprint density at radius 2 is 1.56 bits per heavy atom. The number of hydrogen-bond donors (Lipinski definition) is 2. The van der Waals surface area contributed by atoms with Crippen molar-refractivity contribution in [3.8, 4) is 0 Å². The van der Waals surface area contributed by atoms with Crippen molar-refractivity contribution in [1.29, 1.82) is 0 Å². The van der Waals surface area contributed by atoms with Gasteiger partial charge in [-0.3, -0.25) is 4.79 Å².